The number of nitrogens with zero attached hydrogens (tertiary/aromatic N) is 2. The number of H-pyrrole nitrogens is 2. The highest BCUT2D eigenvalue weighted by atomic mass is 35.5. The number of carbonyl (C=O) groups is 1. The van der Waals surface area contributed by atoms with Gasteiger partial charge in [-0.05, 0) is 48.9 Å². The Balaban J connectivity index is 1.24. The van der Waals surface area contributed by atoms with E-state index in [4.69, 9.17) is 16.3 Å². The Bertz CT molecular complexity index is 1520. The number of hydrogen-bond acceptors (Lipinski definition) is 4. The second kappa shape index (κ2) is 9.87. The van der Waals surface area contributed by atoms with E-state index in [1.54, 1.807) is 12.3 Å². The minimum absolute atomic E-state index is 0.306. The Morgan fingerprint density at radius 3 is 2.77 bits per heavy atom. The summed E-state index contributed by atoms with van der Waals surface area (Å²) in [5, 5.41) is 12.9. The summed E-state index contributed by atoms with van der Waals surface area (Å²) < 4.78 is 5.89. The molecular weight excluding hydrogens is 462 g/mol. The van der Waals surface area contributed by atoms with Gasteiger partial charge < -0.3 is 9.72 Å². The molecular formula is C27H22ClN5O2. The molecule has 0 atom stereocenters. The molecule has 0 saturated carbocycles. The lowest BCUT2D eigenvalue weighted by molar-refractivity contribution is 0.0950. The Kier molecular flexibility index (Phi) is 6.32. The van der Waals surface area contributed by atoms with Gasteiger partial charge in [-0.2, -0.15) is 10.2 Å². The Morgan fingerprint density at radius 2 is 1.91 bits per heavy atom. The zero-order valence-corrected chi connectivity index (χ0v) is 19.6. The summed E-state index contributed by atoms with van der Waals surface area (Å²) in [6, 6.07) is 24.7. The highest BCUT2D eigenvalue weighted by molar-refractivity contribution is 6.30. The van der Waals surface area contributed by atoms with Gasteiger partial charge in [-0.1, -0.05) is 54.1 Å². The monoisotopic (exact) mass is 483 g/mol. The average Bonchev–Trinajstić information content (AvgIpc) is 3.49. The summed E-state index contributed by atoms with van der Waals surface area (Å²) in [4.78, 5) is 15.9. The molecule has 0 bridgehead atoms. The predicted octanol–water partition coefficient (Wildman–Crippen LogP) is 5.86. The van der Waals surface area contributed by atoms with Crippen molar-refractivity contribution in [1.29, 1.82) is 0 Å². The first kappa shape index (κ1) is 22.4. The molecule has 2 heterocycles. The summed E-state index contributed by atoms with van der Waals surface area (Å²) >= 11 is 5.93. The van der Waals surface area contributed by atoms with Crippen LogP contribution in [0.25, 0.3) is 22.2 Å². The van der Waals surface area contributed by atoms with Gasteiger partial charge in [-0.3, -0.25) is 9.89 Å². The van der Waals surface area contributed by atoms with Gasteiger partial charge in [0.2, 0.25) is 0 Å². The van der Waals surface area contributed by atoms with Crippen LogP contribution in [0.1, 0.15) is 27.3 Å². The largest absolute Gasteiger partial charge is 0.489 e. The van der Waals surface area contributed by atoms with Gasteiger partial charge in [0.1, 0.15) is 18.1 Å². The van der Waals surface area contributed by atoms with E-state index in [9.17, 15) is 4.79 Å². The molecule has 35 heavy (non-hydrogen) atoms. The van der Waals surface area contributed by atoms with E-state index in [1.807, 2.05) is 79.7 Å². The fourth-order valence-electron chi connectivity index (χ4n) is 3.76. The van der Waals surface area contributed by atoms with E-state index < -0.39 is 0 Å². The zero-order chi connectivity index (χ0) is 24.2. The standard InChI is InChI=1S/C27H22ClN5O2/c1-17-23(22-7-2-3-8-24(22)30-17)15-29-33-27(34)26-14-25(31-32-26)19-5-4-6-21(13-19)35-16-18-9-11-20(28)12-10-18/h2-15,30H,16H2,1H3,(H,31,32)(H,33,34)/b29-15+. The molecule has 0 aliphatic heterocycles. The molecule has 0 unspecified atom stereocenters. The summed E-state index contributed by atoms with van der Waals surface area (Å²) in [6.07, 6.45) is 1.64. The van der Waals surface area contributed by atoms with Gasteiger partial charge >= 0.3 is 0 Å². The Morgan fingerprint density at radius 1 is 1.09 bits per heavy atom. The molecule has 5 aromatic rings. The number of aromatic nitrogens is 3. The number of hydrazone groups is 1. The molecule has 0 radical (unpaired) electrons. The Hall–Kier alpha value is -4.36. The van der Waals surface area contributed by atoms with E-state index in [-0.39, 0.29) is 5.91 Å². The molecule has 2 aromatic heterocycles. The summed E-state index contributed by atoms with van der Waals surface area (Å²) in [7, 11) is 0. The lowest BCUT2D eigenvalue weighted by Crippen LogP contribution is -2.18. The number of aryl methyl sites for hydroxylation is 1. The molecule has 0 fully saturated rings. The quantitative estimate of drug-likeness (QED) is 0.200. The van der Waals surface area contributed by atoms with Crippen molar-refractivity contribution in [1.82, 2.24) is 20.6 Å². The first-order chi connectivity index (χ1) is 17.1. The van der Waals surface area contributed by atoms with Crippen molar-refractivity contribution in [2.75, 3.05) is 0 Å². The lowest BCUT2D eigenvalue weighted by Gasteiger charge is -2.07. The van der Waals surface area contributed by atoms with Crippen molar-refractivity contribution >= 4 is 34.6 Å². The number of para-hydroxylation sites is 1. The highest BCUT2D eigenvalue weighted by Gasteiger charge is 2.12. The molecule has 3 N–H and O–H groups in total. The number of fused-ring (bicyclic) bond motifs is 1. The number of hydrogen-bond donors (Lipinski definition) is 3. The van der Waals surface area contributed by atoms with Crippen LogP contribution in [-0.2, 0) is 6.61 Å². The molecule has 7 nitrogen and oxygen atoms in total. The van der Waals surface area contributed by atoms with Gasteiger partial charge in [0.15, 0.2) is 0 Å². The number of amides is 1. The van der Waals surface area contributed by atoms with Gasteiger partial charge in [0.05, 0.1) is 11.9 Å². The minimum Gasteiger partial charge on any atom is -0.489 e. The topological polar surface area (TPSA) is 95.2 Å². The SMILES string of the molecule is Cc1[nH]c2ccccc2c1/C=N/NC(=O)c1cc(-c2cccc(OCc3ccc(Cl)cc3)c2)n[nH]1. The van der Waals surface area contributed by atoms with Crippen LogP contribution >= 0.6 is 11.6 Å². The average molecular weight is 484 g/mol. The van der Waals surface area contributed by atoms with Crippen LogP contribution < -0.4 is 10.2 Å². The van der Waals surface area contributed by atoms with Gasteiger partial charge in [-0.25, -0.2) is 5.43 Å². The number of rotatable bonds is 7. The third kappa shape index (κ3) is 5.10. The third-order valence-corrected chi connectivity index (χ3v) is 5.83. The van der Waals surface area contributed by atoms with Crippen LogP contribution in [0, 0.1) is 6.92 Å². The van der Waals surface area contributed by atoms with Crippen LogP contribution in [-0.4, -0.2) is 27.3 Å². The lowest BCUT2D eigenvalue weighted by atomic mass is 10.1. The maximum atomic E-state index is 12.6. The summed E-state index contributed by atoms with van der Waals surface area (Å²) in [5.41, 5.74) is 8.27. The van der Waals surface area contributed by atoms with Crippen molar-refractivity contribution < 1.29 is 9.53 Å². The van der Waals surface area contributed by atoms with Crippen molar-refractivity contribution in [2.24, 2.45) is 5.10 Å². The molecule has 0 aliphatic rings. The first-order valence-electron chi connectivity index (χ1n) is 11.0. The van der Waals surface area contributed by atoms with Crippen LogP contribution in [0.2, 0.25) is 5.02 Å². The third-order valence-electron chi connectivity index (χ3n) is 5.57. The number of aromatic amines is 2. The molecule has 174 valence electrons. The number of nitrogens with one attached hydrogen (secondary N) is 3. The fraction of sp³-hybridized carbons (Fsp3) is 0.0741. The first-order valence-corrected chi connectivity index (χ1v) is 11.4. The molecule has 0 saturated heterocycles. The number of ether oxygens (including phenoxy) is 1. The number of benzene rings is 3. The van der Waals surface area contributed by atoms with Crippen molar-refractivity contribution in [3.8, 4) is 17.0 Å². The second-order valence-electron chi connectivity index (χ2n) is 8.02. The molecule has 8 heteroatoms. The maximum absolute atomic E-state index is 12.6. The van der Waals surface area contributed by atoms with E-state index in [0.29, 0.717) is 28.8 Å². The van der Waals surface area contributed by atoms with Crippen molar-refractivity contribution in [3.63, 3.8) is 0 Å². The molecule has 1 amide bonds. The molecule has 5 rings (SSSR count). The van der Waals surface area contributed by atoms with Gasteiger partial charge in [0, 0.05) is 32.7 Å². The zero-order valence-electron chi connectivity index (χ0n) is 18.9. The van der Waals surface area contributed by atoms with E-state index in [2.05, 4.69) is 25.7 Å². The second-order valence-corrected chi connectivity index (χ2v) is 8.45. The van der Waals surface area contributed by atoms with Gasteiger partial charge in [-0.15, -0.1) is 0 Å². The van der Waals surface area contributed by atoms with E-state index in [0.717, 1.165) is 33.3 Å². The molecule has 0 aliphatic carbocycles. The summed E-state index contributed by atoms with van der Waals surface area (Å²) in [5.74, 6) is 0.317. The number of halogens is 1. The van der Waals surface area contributed by atoms with Crippen LogP contribution in [0.3, 0.4) is 0 Å². The van der Waals surface area contributed by atoms with Crippen molar-refractivity contribution in [3.05, 3.63) is 106 Å². The molecule has 0 spiro atoms. The minimum atomic E-state index is -0.382. The van der Waals surface area contributed by atoms with Crippen molar-refractivity contribution in [2.45, 2.75) is 13.5 Å². The van der Waals surface area contributed by atoms with Gasteiger partial charge in [0.25, 0.3) is 5.91 Å². The van der Waals surface area contributed by atoms with Crippen LogP contribution in [0.15, 0.2) is 84.0 Å². The Labute approximate surface area is 206 Å². The summed E-state index contributed by atoms with van der Waals surface area (Å²) in [6.45, 7) is 2.39. The highest BCUT2D eigenvalue weighted by Crippen LogP contribution is 2.24. The van der Waals surface area contributed by atoms with E-state index in [1.165, 1.54) is 0 Å². The number of carbonyl (C=O) groups excluding carboxylic acids is 1. The smallest absolute Gasteiger partial charge is 0.289 e. The van der Waals surface area contributed by atoms with Crippen LogP contribution in [0.5, 0.6) is 5.75 Å². The van der Waals surface area contributed by atoms with E-state index >= 15 is 0 Å². The fourth-order valence-corrected chi connectivity index (χ4v) is 3.88. The maximum Gasteiger partial charge on any atom is 0.289 e. The normalized spacial score (nSPS) is 11.3. The van der Waals surface area contributed by atoms with Crippen LogP contribution in [0.4, 0.5) is 0 Å². The molecule has 3 aromatic carbocycles. The predicted molar refractivity (Wildman–Crippen MR) is 138 cm³/mol.